The first-order valence-electron chi connectivity index (χ1n) is 5.54. The first kappa shape index (κ1) is 14.0. The second-order valence-corrected chi connectivity index (χ2v) is 5.21. The van der Waals surface area contributed by atoms with Crippen LogP contribution in [0, 0.1) is 5.82 Å². The van der Waals surface area contributed by atoms with Gasteiger partial charge >= 0.3 is 0 Å². The number of halogens is 1. The molecular formula is C14H12FNOS2. The Labute approximate surface area is 120 Å². The van der Waals surface area contributed by atoms with Crippen LogP contribution >= 0.6 is 24.4 Å². The van der Waals surface area contributed by atoms with Gasteiger partial charge in [-0.1, -0.05) is 0 Å². The first-order chi connectivity index (χ1) is 9.10. The highest BCUT2D eigenvalue weighted by Crippen LogP contribution is 2.19. The van der Waals surface area contributed by atoms with Crippen molar-refractivity contribution in [1.82, 2.24) is 0 Å². The molecule has 0 fully saturated rings. The Morgan fingerprint density at radius 1 is 1.21 bits per heavy atom. The average Bonchev–Trinajstić information content (AvgIpc) is 2.42. The van der Waals surface area contributed by atoms with E-state index in [-0.39, 0.29) is 10.8 Å². The molecule has 0 radical (unpaired) electrons. The normalized spacial score (nSPS) is 10.3. The van der Waals surface area contributed by atoms with Gasteiger partial charge in [-0.15, -0.1) is 24.4 Å². The topological polar surface area (TPSA) is 29.1 Å². The molecule has 2 aromatic carbocycles. The van der Waals surface area contributed by atoms with Crippen LogP contribution in [0.1, 0.15) is 10.4 Å². The minimum absolute atomic E-state index is 0.158. The number of anilines is 1. The summed E-state index contributed by atoms with van der Waals surface area (Å²) >= 11 is 5.59. The number of hydrogen-bond acceptors (Lipinski definition) is 3. The largest absolute Gasteiger partial charge is 0.322 e. The van der Waals surface area contributed by atoms with Gasteiger partial charge < -0.3 is 5.32 Å². The Kier molecular flexibility index (Phi) is 4.50. The first-order valence-corrected chi connectivity index (χ1v) is 7.21. The van der Waals surface area contributed by atoms with Crippen LogP contribution in [-0.2, 0) is 0 Å². The molecule has 0 aliphatic carbocycles. The summed E-state index contributed by atoms with van der Waals surface area (Å²) in [7, 11) is 0. The van der Waals surface area contributed by atoms with E-state index in [0.29, 0.717) is 11.3 Å². The maximum atomic E-state index is 13.1. The molecule has 0 bridgehead atoms. The summed E-state index contributed by atoms with van der Waals surface area (Å²) in [6.45, 7) is 0. The minimum atomic E-state index is -0.441. The number of thiol groups is 1. The minimum Gasteiger partial charge on any atom is -0.322 e. The molecule has 5 heteroatoms. The van der Waals surface area contributed by atoms with E-state index in [9.17, 15) is 9.18 Å². The second kappa shape index (κ2) is 6.12. The Morgan fingerprint density at radius 2 is 1.89 bits per heavy atom. The number of benzene rings is 2. The van der Waals surface area contributed by atoms with Crippen LogP contribution in [0.5, 0.6) is 0 Å². The predicted molar refractivity (Wildman–Crippen MR) is 79.8 cm³/mol. The van der Waals surface area contributed by atoms with E-state index in [1.54, 1.807) is 11.8 Å². The molecule has 0 saturated carbocycles. The molecule has 98 valence electrons. The lowest BCUT2D eigenvalue weighted by Gasteiger charge is -2.06. The second-order valence-electron chi connectivity index (χ2n) is 3.85. The fraction of sp³-hybridized carbons (Fsp3) is 0.0714. The molecule has 0 atom stereocenters. The zero-order valence-corrected chi connectivity index (χ0v) is 11.9. The standard InChI is InChI=1S/C14H12FNOS2/c1-19-11-5-3-10(4-6-11)16-14(17)9-2-7-12(15)13(18)8-9/h2-8,18H,1H3,(H,16,17). The van der Waals surface area contributed by atoms with Gasteiger partial charge in [0.1, 0.15) is 5.82 Å². The summed E-state index contributed by atoms with van der Waals surface area (Å²) in [6.07, 6.45) is 1.99. The van der Waals surface area contributed by atoms with E-state index in [1.807, 2.05) is 30.5 Å². The number of thioether (sulfide) groups is 1. The smallest absolute Gasteiger partial charge is 0.255 e. The third-order valence-electron chi connectivity index (χ3n) is 2.56. The van der Waals surface area contributed by atoms with Crippen LogP contribution in [0.25, 0.3) is 0 Å². The van der Waals surface area contributed by atoms with E-state index >= 15 is 0 Å². The molecule has 2 nitrogen and oxygen atoms in total. The maximum absolute atomic E-state index is 13.1. The van der Waals surface area contributed by atoms with Gasteiger partial charge in [0, 0.05) is 21.0 Å². The number of nitrogens with one attached hydrogen (secondary N) is 1. The average molecular weight is 293 g/mol. The fourth-order valence-electron chi connectivity index (χ4n) is 1.53. The summed E-state index contributed by atoms with van der Waals surface area (Å²) in [5.41, 5.74) is 1.08. The van der Waals surface area contributed by atoms with Gasteiger partial charge in [-0.05, 0) is 48.7 Å². The van der Waals surface area contributed by atoms with Gasteiger partial charge in [0.2, 0.25) is 0 Å². The molecule has 0 heterocycles. The van der Waals surface area contributed by atoms with Crippen molar-refractivity contribution in [2.45, 2.75) is 9.79 Å². The van der Waals surface area contributed by atoms with Gasteiger partial charge in [-0.25, -0.2) is 4.39 Å². The molecule has 0 aliphatic heterocycles. The zero-order valence-electron chi connectivity index (χ0n) is 10.2. The number of rotatable bonds is 3. The molecule has 2 aromatic rings. The number of hydrogen-bond donors (Lipinski definition) is 2. The molecule has 0 aliphatic rings. The summed E-state index contributed by atoms with van der Waals surface area (Å²) in [5.74, 6) is -0.726. The molecule has 19 heavy (non-hydrogen) atoms. The molecule has 0 aromatic heterocycles. The lowest BCUT2D eigenvalue weighted by atomic mass is 10.2. The van der Waals surface area contributed by atoms with Crippen LogP contribution in [0.4, 0.5) is 10.1 Å². The van der Waals surface area contributed by atoms with Crippen molar-refractivity contribution >= 4 is 36.0 Å². The third kappa shape index (κ3) is 3.52. The SMILES string of the molecule is CSc1ccc(NC(=O)c2ccc(F)c(S)c2)cc1. The molecule has 0 unspecified atom stereocenters. The van der Waals surface area contributed by atoms with Crippen molar-refractivity contribution in [2.24, 2.45) is 0 Å². The van der Waals surface area contributed by atoms with Gasteiger partial charge in [-0.2, -0.15) is 0 Å². The molecule has 2 rings (SSSR count). The quantitative estimate of drug-likeness (QED) is 0.659. The van der Waals surface area contributed by atoms with E-state index in [1.165, 1.54) is 18.2 Å². The van der Waals surface area contributed by atoms with Gasteiger partial charge in [0.15, 0.2) is 0 Å². The van der Waals surface area contributed by atoms with Crippen molar-refractivity contribution in [3.8, 4) is 0 Å². The van der Waals surface area contributed by atoms with E-state index in [2.05, 4.69) is 17.9 Å². The fourth-order valence-corrected chi connectivity index (χ4v) is 2.15. The van der Waals surface area contributed by atoms with Crippen LogP contribution in [-0.4, -0.2) is 12.2 Å². The Balaban J connectivity index is 2.13. The van der Waals surface area contributed by atoms with Crippen molar-refractivity contribution in [2.75, 3.05) is 11.6 Å². The highest BCUT2D eigenvalue weighted by atomic mass is 32.2. The highest BCUT2D eigenvalue weighted by molar-refractivity contribution is 7.98. The van der Waals surface area contributed by atoms with Crippen molar-refractivity contribution in [3.05, 3.63) is 53.8 Å². The van der Waals surface area contributed by atoms with Gasteiger partial charge in [0.05, 0.1) is 0 Å². The Morgan fingerprint density at radius 3 is 2.47 bits per heavy atom. The van der Waals surface area contributed by atoms with E-state index in [4.69, 9.17) is 0 Å². The van der Waals surface area contributed by atoms with Gasteiger partial charge in [-0.3, -0.25) is 4.79 Å². The van der Waals surface area contributed by atoms with E-state index < -0.39 is 5.82 Å². The molecule has 0 spiro atoms. The zero-order chi connectivity index (χ0) is 13.8. The lowest BCUT2D eigenvalue weighted by molar-refractivity contribution is 0.102. The van der Waals surface area contributed by atoms with Crippen molar-refractivity contribution in [3.63, 3.8) is 0 Å². The lowest BCUT2D eigenvalue weighted by Crippen LogP contribution is -2.11. The van der Waals surface area contributed by atoms with Crippen LogP contribution in [0.3, 0.4) is 0 Å². The van der Waals surface area contributed by atoms with E-state index in [0.717, 1.165) is 4.90 Å². The summed E-state index contributed by atoms with van der Waals surface area (Å²) in [6, 6.07) is 11.6. The third-order valence-corrected chi connectivity index (χ3v) is 3.64. The Hall–Kier alpha value is -1.46. The summed E-state index contributed by atoms with van der Waals surface area (Å²) < 4.78 is 13.1. The van der Waals surface area contributed by atoms with Crippen molar-refractivity contribution in [1.29, 1.82) is 0 Å². The maximum Gasteiger partial charge on any atom is 0.255 e. The van der Waals surface area contributed by atoms with Gasteiger partial charge in [0.25, 0.3) is 5.91 Å². The molecule has 0 saturated heterocycles. The Bertz CT molecular complexity index is 599. The van der Waals surface area contributed by atoms with Crippen LogP contribution < -0.4 is 5.32 Å². The summed E-state index contributed by atoms with van der Waals surface area (Å²) in [4.78, 5) is 13.2. The summed E-state index contributed by atoms with van der Waals surface area (Å²) in [5, 5.41) is 2.75. The van der Waals surface area contributed by atoms with Crippen LogP contribution in [0.2, 0.25) is 0 Å². The number of amides is 1. The number of carbonyl (C=O) groups is 1. The molecule has 1 amide bonds. The van der Waals surface area contributed by atoms with Crippen LogP contribution in [0.15, 0.2) is 52.3 Å². The number of carbonyl (C=O) groups excluding carboxylic acids is 1. The monoisotopic (exact) mass is 293 g/mol. The molecule has 1 N–H and O–H groups in total. The highest BCUT2D eigenvalue weighted by Gasteiger charge is 2.08. The van der Waals surface area contributed by atoms with Crippen molar-refractivity contribution < 1.29 is 9.18 Å². The molecular weight excluding hydrogens is 281 g/mol. The predicted octanol–water partition coefficient (Wildman–Crippen LogP) is 4.09.